The zero-order valence-corrected chi connectivity index (χ0v) is 25.6. The zero-order chi connectivity index (χ0) is 28.4. The minimum atomic E-state index is 0.409. The number of nitrogens with two attached hydrogens (primary N) is 1. The fourth-order valence-corrected chi connectivity index (χ4v) is 7.08. The molecule has 3 heterocycles. The Balaban J connectivity index is 1.15. The van der Waals surface area contributed by atoms with E-state index in [4.69, 9.17) is 20.2 Å². The Kier molecular flexibility index (Phi) is 11.1. The van der Waals surface area contributed by atoms with Crippen LogP contribution in [0.5, 0.6) is 5.75 Å². The topological polar surface area (TPSA) is 113 Å². The molecule has 3 aliphatic rings. The molecular formula is C30H48N8O2S. The van der Waals surface area contributed by atoms with Gasteiger partial charge in [0.15, 0.2) is 11.6 Å². The Morgan fingerprint density at radius 3 is 2.56 bits per heavy atom. The number of hydrogen-bond donors (Lipinski definition) is 4. The second-order valence-electron chi connectivity index (χ2n) is 11.3. The van der Waals surface area contributed by atoms with Crippen molar-refractivity contribution in [1.29, 1.82) is 0 Å². The highest BCUT2D eigenvalue weighted by molar-refractivity contribution is 7.97. The number of aromatic nitrogens is 2. The van der Waals surface area contributed by atoms with Crippen molar-refractivity contribution in [3.05, 3.63) is 23.8 Å². The molecule has 5 N–H and O–H groups in total. The van der Waals surface area contributed by atoms with Crippen LogP contribution in [0.3, 0.4) is 0 Å². The number of morpholine rings is 1. The maximum atomic E-state index is 6.33. The molecule has 1 saturated carbocycles. The molecule has 0 amide bonds. The van der Waals surface area contributed by atoms with Gasteiger partial charge in [-0.2, -0.15) is 9.97 Å². The Morgan fingerprint density at radius 1 is 1.05 bits per heavy atom. The van der Waals surface area contributed by atoms with Crippen LogP contribution < -0.4 is 26.4 Å². The molecular weight excluding hydrogens is 536 g/mol. The first-order valence-corrected chi connectivity index (χ1v) is 16.3. The van der Waals surface area contributed by atoms with Gasteiger partial charge in [0, 0.05) is 31.9 Å². The van der Waals surface area contributed by atoms with E-state index in [0.717, 1.165) is 75.2 Å². The van der Waals surface area contributed by atoms with E-state index in [2.05, 4.69) is 48.3 Å². The van der Waals surface area contributed by atoms with Gasteiger partial charge in [-0.3, -0.25) is 0 Å². The fraction of sp³-hybridized carbons (Fsp3) is 0.667. The van der Waals surface area contributed by atoms with Crippen molar-refractivity contribution in [2.24, 2.45) is 0 Å². The Morgan fingerprint density at radius 2 is 1.83 bits per heavy atom. The number of rotatable bonds is 12. The third kappa shape index (κ3) is 8.30. The van der Waals surface area contributed by atoms with Crippen LogP contribution in [-0.2, 0) is 4.74 Å². The second kappa shape index (κ2) is 15.1. The van der Waals surface area contributed by atoms with Crippen LogP contribution in [0.25, 0.3) is 0 Å². The van der Waals surface area contributed by atoms with Crippen molar-refractivity contribution in [2.75, 3.05) is 87.5 Å². The first-order chi connectivity index (χ1) is 20.1. The maximum absolute atomic E-state index is 6.33. The number of ether oxygens (including phenoxy) is 2. The van der Waals surface area contributed by atoms with E-state index in [1.807, 2.05) is 19.0 Å². The van der Waals surface area contributed by atoms with Gasteiger partial charge in [0.1, 0.15) is 11.4 Å². The van der Waals surface area contributed by atoms with E-state index < -0.39 is 0 Å². The molecule has 1 aromatic carbocycles. The summed E-state index contributed by atoms with van der Waals surface area (Å²) in [6, 6.07) is 6.89. The van der Waals surface area contributed by atoms with E-state index in [0.29, 0.717) is 23.7 Å². The summed E-state index contributed by atoms with van der Waals surface area (Å²) in [5.74, 6) is 4.17. The summed E-state index contributed by atoms with van der Waals surface area (Å²) < 4.78 is 13.7. The molecule has 0 unspecified atom stereocenters. The highest BCUT2D eigenvalue weighted by Gasteiger charge is 2.23. The highest BCUT2D eigenvalue weighted by atomic mass is 32.2. The summed E-state index contributed by atoms with van der Waals surface area (Å²) in [4.78, 5) is 12.0. The van der Waals surface area contributed by atoms with Gasteiger partial charge in [0.05, 0.1) is 26.0 Å². The number of benzene rings is 1. The zero-order valence-electron chi connectivity index (χ0n) is 24.8. The molecule has 1 aromatic heterocycles. The number of nitrogens with zero attached hydrogens (tertiary/aromatic N) is 4. The number of hydrogen-bond acceptors (Lipinski definition) is 11. The van der Waals surface area contributed by atoms with Crippen molar-refractivity contribution in [1.82, 2.24) is 19.2 Å². The van der Waals surface area contributed by atoms with Crippen LogP contribution in [0.1, 0.15) is 62.8 Å². The van der Waals surface area contributed by atoms with Crippen LogP contribution in [0, 0.1) is 0 Å². The van der Waals surface area contributed by atoms with Gasteiger partial charge in [0.25, 0.3) is 0 Å². The first-order valence-electron chi connectivity index (χ1n) is 15.4. The monoisotopic (exact) mass is 584 g/mol. The average Bonchev–Trinajstić information content (AvgIpc) is 3.01. The summed E-state index contributed by atoms with van der Waals surface area (Å²) in [6.07, 6.45) is 9.68. The maximum Gasteiger partial charge on any atom is 0.231 e. The Bertz CT molecular complexity index is 1100. The van der Waals surface area contributed by atoms with Crippen LogP contribution >= 0.6 is 11.9 Å². The molecule has 0 spiro atoms. The molecule has 11 heteroatoms. The van der Waals surface area contributed by atoms with Gasteiger partial charge in [-0.1, -0.05) is 37.3 Å². The minimum Gasteiger partial charge on any atom is -0.495 e. The van der Waals surface area contributed by atoms with E-state index in [1.54, 1.807) is 7.11 Å². The number of methoxy groups -OCH3 is 1. The lowest BCUT2D eigenvalue weighted by molar-refractivity contribution is 0.0773. The van der Waals surface area contributed by atoms with E-state index in [9.17, 15) is 0 Å². The van der Waals surface area contributed by atoms with Crippen molar-refractivity contribution >= 4 is 40.9 Å². The normalized spacial score (nSPS) is 19.7. The average molecular weight is 585 g/mol. The van der Waals surface area contributed by atoms with Crippen LogP contribution in [0.15, 0.2) is 18.2 Å². The number of likely N-dealkylation sites (tertiary alicyclic amines) is 1. The largest absolute Gasteiger partial charge is 0.495 e. The van der Waals surface area contributed by atoms with Gasteiger partial charge >= 0.3 is 0 Å². The van der Waals surface area contributed by atoms with Crippen molar-refractivity contribution in [3.8, 4) is 5.75 Å². The summed E-state index contributed by atoms with van der Waals surface area (Å²) in [5, 5.41) is 10.1. The molecule has 2 aliphatic heterocycles. The predicted octanol–water partition coefficient (Wildman–Crippen LogP) is 5.15. The molecule has 0 atom stereocenters. The van der Waals surface area contributed by atoms with Gasteiger partial charge in [0.2, 0.25) is 5.95 Å². The van der Waals surface area contributed by atoms with Gasteiger partial charge in [-0.25, -0.2) is 4.31 Å². The number of anilines is 5. The molecule has 0 radical (unpaired) electrons. The van der Waals surface area contributed by atoms with Crippen LogP contribution in [0.4, 0.5) is 29.0 Å². The smallest absolute Gasteiger partial charge is 0.231 e. The summed E-state index contributed by atoms with van der Waals surface area (Å²) >= 11 is 1.98. The van der Waals surface area contributed by atoms with Crippen molar-refractivity contribution in [2.45, 2.75) is 63.3 Å². The molecule has 0 bridgehead atoms. The lowest BCUT2D eigenvalue weighted by Crippen LogP contribution is -2.34. The molecule has 226 valence electrons. The molecule has 2 saturated heterocycles. The molecule has 41 heavy (non-hydrogen) atoms. The fourth-order valence-electron chi connectivity index (χ4n) is 6.16. The molecule has 2 aromatic rings. The standard InChI is InChI=1S/C30H48N8O2S/c1-32-27-28(31)35-30(36-29(27)33-24-7-4-3-5-8-24)34-25-10-9-23(21-26(25)39-2)22-11-14-37(15-12-22)13-6-20-41-38-16-18-40-19-17-38/h9-10,21-22,24,32H,3-8,11-20H2,1-2H3,(H4,31,33,34,35,36). The van der Waals surface area contributed by atoms with Crippen molar-refractivity contribution in [3.63, 3.8) is 0 Å². The first kappa shape index (κ1) is 30.0. The molecule has 10 nitrogen and oxygen atoms in total. The lowest BCUT2D eigenvalue weighted by Gasteiger charge is -2.32. The number of piperidine rings is 1. The third-order valence-corrected chi connectivity index (χ3v) is 9.73. The Labute approximate surface area is 249 Å². The number of nitrogen functional groups attached to an aromatic ring is 1. The van der Waals surface area contributed by atoms with Gasteiger partial charge < -0.3 is 36.1 Å². The van der Waals surface area contributed by atoms with E-state index in [-0.39, 0.29) is 0 Å². The Hall–Kier alpha value is -2.47. The predicted molar refractivity (Wildman–Crippen MR) is 171 cm³/mol. The van der Waals surface area contributed by atoms with Gasteiger partial charge in [-0.15, -0.1) is 0 Å². The molecule has 1 aliphatic carbocycles. The summed E-state index contributed by atoms with van der Waals surface area (Å²) in [6.45, 7) is 7.32. The van der Waals surface area contributed by atoms with Gasteiger partial charge in [-0.05, 0) is 75.4 Å². The molecule has 3 fully saturated rings. The van der Waals surface area contributed by atoms with E-state index in [1.165, 1.54) is 56.4 Å². The van der Waals surface area contributed by atoms with Crippen LogP contribution in [0.2, 0.25) is 0 Å². The summed E-state index contributed by atoms with van der Waals surface area (Å²) in [5.41, 5.74) is 9.25. The minimum absolute atomic E-state index is 0.409. The quantitative estimate of drug-likeness (QED) is 0.196. The highest BCUT2D eigenvalue weighted by Crippen LogP contribution is 2.36. The van der Waals surface area contributed by atoms with E-state index >= 15 is 0 Å². The van der Waals surface area contributed by atoms with Crippen LogP contribution in [-0.4, -0.2) is 91.1 Å². The second-order valence-corrected chi connectivity index (χ2v) is 12.5. The third-order valence-electron chi connectivity index (χ3n) is 8.53. The van der Waals surface area contributed by atoms with Crippen molar-refractivity contribution < 1.29 is 9.47 Å². The molecule has 5 rings (SSSR count). The number of nitrogens with one attached hydrogen (secondary N) is 3. The lowest BCUT2D eigenvalue weighted by atomic mass is 9.89. The summed E-state index contributed by atoms with van der Waals surface area (Å²) in [7, 11) is 3.57. The SMILES string of the molecule is CNc1c(N)nc(Nc2ccc(C3CCN(CCCSN4CCOCC4)CC3)cc2OC)nc1NC1CCCCC1.